The Morgan fingerprint density at radius 2 is 2.22 bits per heavy atom. The number of nitrogens with zero attached hydrogens (tertiary/aromatic N) is 2. The zero-order valence-electron chi connectivity index (χ0n) is 10.5. The molecular weight excluding hydrogens is 226 g/mol. The van der Waals surface area contributed by atoms with Gasteiger partial charge >= 0.3 is 0 Å². The molecule has 0 aliphatic carbocycles. The van der Waals surface area contributed by atoms with Crippen LogP contribution in [0.5, 0.6) is 0 Å². The van der Waals surface area contributed by atoms with Crippen LogP contribution in [0.25, 0.3) is 0 Å². The summed E-state index contributed by atoms with van der Waals surface area (Å²) in [7, 11) is 0. The van der Waals surface area contributed by atoms with Gasteiger partial charge in [-0.25, -0.2) is 0 Å². The highest BCUT2D eigenvalue weighted by molar-refractivity contribution is 5.43. The highest BCUT2D eigenvalue weighted by Crippen LogP contribution is 2.08. The molecule has 2 aromatic heterocycles. The Labute approximate surface area is 106 Å². The molecule has 0 aliphatic rings. The lowest BCUT2D eigenvalue weighted by atomic mass is 10.3. The van der Waals surface area contributed by atoms with Crippen LogP contribution in [-0.2, 0) is 6.54 Å². The molecule has 18 heavy (non-hydrogen) atoms. The number of nitrogens with one attached hydrogen (secondary N) is 1. The zero-order valence-corrected chi connectivity index (χ0v) is 10.5. The smallest absolute Gasteiger partial charge is 0.250 e. The van der Waals surface area contributed by atoms with Crippen molar-refractivity contribution in [3.05, 3.63) is 58.8 Å². The molecule has 0 unspecified atom stereocenters. The molecule has 0 fully saturated rings. The average molecular weight is 243 g/mol. The van der Waals surface area contributed by atoms with Gasteiger partial charge < -0.3 is 9.88 Å². The van der Waals surface area contributed by atoms with Crippen molar-refractivity contribution in [1.29, 1.82) is 0 Å². The van der Waals surface area contributed by atoms with Gasteiger partial charge in [-0.1, -0.05) is 13.0 Å². The minimum absolute atomic E-state index is 0.00813. The molecule has 2 heterocycles. The van der Waals surface area contributed by atoms with E-state index in [2.05, 4.69) is 17.2 Å². The molecule has 0 saturated carbocycles. The van der Waals surface area contributed by atoms with E-state index in [9.17, 15) is 4.79 Å². The second-order valence-corrected chi connectivity index (χ2v) is 4.13. The van der Waals surface area contributed by atoms with E-state index in [1.807, 2.05) is 18.2 Å². The van der Waals surface area contributed by atoms with E-state index in [4.69, 9.17) is 0 Å². The fourth-order valence-electron chi connectivity index (χ4n) is 1.71. The summed E-state index contributed by atoms with van der Waals surface area (Å²) in [4.78, 5) is 15.9. The predicted molar refractivity (Wildman–Crippen MR) is 72.8 cm³/mol. The number of pyridine rings is 2. The SMILES string of the molecule is CCCNc1ccnc(Cn2ccccc2=O)c1. The first-order valence-electron chi connectivity index (χ1n) is 6.14. The first-order chi connectivity index (χ1) is 8.79. The van der Waals surface area contributed by atoms with E-state index in [0.29, 0.717) is 6.54 Å². The second-order valence-electron chi connectivity index (χ2n) is 4.13. The Bertz CT molecular complexity index is 563. The lowest BCUT2D eigenvalue weighted by Crippen LogP contribution is -2.18. The Hall–Kier alpha value is -2.10. The Morgan fingerprint density at radius 1 is 1.33 bits per heavy atom. The van der Waals surface area contributed by atoms with Crippen LogP contribution < -0.4 is 10.9 Å². The van der Waals surface area contributed by atoms with E-state index < -0.39 is 0 Å². The Morgan fingerprint density at radius 3 is 3.00 bits per heavy atom. The van der Waals surface area contributed by atoms with Gasteiger partial charge in [0.25, 0.3) is 5.56 Å². The first-order valence-corrected chi connectivity index (χ1v) is 6.14. The van der Waals surface area contributed by atoms with Crippen molar-refractivity contribution in [2.24, 2.45) is 0 Å². The maximum atomic E-state index is 11.6. The molecule has 1 N–H and O–H groups in total. The number of hydrogen-bond donors (Lipinski definition) is 1. The lowest BCUT2D eigenvalue weighted by Gasteiger charge is -2.08. The topological polar surface area (TPSA) is 46.9 Å². The van der Waals surface area contributed by atoms with Crippen molar-refractivity contribution >= 4 is 5.69 Å². The van der Waals surface area contributed by atoms with Crippen LogP contribution in [0.3, 0.4) is 0 Å². The molecule has 0 bridgehead atoms. The predicted octanol–water partition coefficient (Wildman–Crippen LogP) is 2.11. The molecule has 4 heteroatoms. The molecule has 0 atom stereocenters. The van der Waals surface area contributed by atoms with Gasteiger partial charge in [0.05, 0.1) is 12.2 Å². The van der Waals surface area contributed by atoms with E-state index in [1.54, 1.807) is 29.1 Å². The molecule has 2 rings (SSSR count). The van der Waals surface area contributed by atoms with Crippen LogP contribution in [0.4, 0.5) is 5.69 Å². The summed E-state index contributed by atoms with van der Waals surface area (Å²) in [5, 5.41) is 3.31. The van der Waals surface area contributed by atoms with Crippen molar-refractivity contribution in [1.82, 2.24) is 9.55 Å². The molecule has 0 amide bonds. The molecule has 0 saturated heterocycles. The minimum Gasteiger partial charge on any atom is -0.385 e. The van der Waals surface area contributed by atoms with Crippen LogP contribution in [0.1, 0.15) is 19.0 Å². The molecule has 2 aromatic rings. The summed E-state index contributed by atoms with van der Waals surface area (Å²) < 4.78 is 1.64. The average Bonchev–Trinajstić information content (AvgIpc) is 2.40. The third-order valence-electron chi connectivity index (χ3n) is 2.63. The van der Waals surface area contributed by atoms with Gasteiger partial charge in [-0.15, -0.1) is 0 Å². The maximum absolute atomic E-state index is 11.6. The number of aromatic nitrogens is 2. The summed E-state index contributed by atoms with van der Waals surface area (Å²) in [6.45, 7) is 3.56. The monoisotopic (exact) mass is 243 g/mol. The number of hydrogen-bond acceptors (Lipinski definition) is 3. The number of anilines is 1. The van der Waals surface area contributed by atoms with Crippen LogP contribution >= 0.6 is 0 Å². The molecule has 0 aromatic carbocycles. The summed E-state index contributed by atoms with van der Waals surface area (Å²) in [6.07, 6.45) is 4.62. The summed E-state index contributed by atoms with van der Waals surface area (Å²) in [5.74, 6) is 0. The molecule has 94 valence electrons. The largest absolute Gasteiger partial charge is 0.385 e. The highest BCUT2D eigenvalue weighted by Gasteiger charge is 1.99. The van der Waals surface area contributed by atoms with Crippen molar-refractivity contribution in [2.75, 3.05) is 11.9 Å². The standard InChI is InChI=1S/C14H17N3O/c1-2-7-15-12-6-8-16-13(10-12)11-17-9-4-3-5-14(17)18/h3-6,8-10H,2,7,11H2,1H3,(H,15,16). The summed E-state index contributed by atoms with van der Waals surface area (Å²) in [5.41, 5.74) is 1.92. The lowest BCUT2D eigenvalue weighted by molar-refractivity contribution is 0.739. The van der Waals surface area contributed by atoms with E-state index in [0.717, 1.165) is 24.3 Å². The van der Waals surface area contributed by atoms with Crippen molar-refractivity contribution in [2.45, 2.75) is 19.9 Å². The highest BCUT2D eigenvalue weighted by atomic mass is 16.1. The van der Waals surface area contributed by atoms with E-state index in [1.165, 1.54) is 0 Å². The fraction of sp³-hybridized carbons (Fsp3) is 0.286. The quantitative estimate of drug-likeness (QED) is 0.875. The van der Waals surface area contributed by atoms with E-state index in [-0.39, 0.29) is 5.56 Å². The Kier molecular flexibility index (Phi) is 4.12. The normalized spacial score (nSPS) is 10.3. The van der Waals surface area contributed by atoms with Gasteiger partial charge in [0, 0.05) is 30.7 Å². The minimum atomic E-state index is -0.00813. The van der Waals surface area contributed by atoms with Gasteiger partial charge in [0.2, 0.25) is 0 Å². The fourth-order valence-corrected chi connectivity index (χ4v) is 1.71. The van der Waals surface area contributed by atoms with Gasteiger partial charge in [-0.05, 0) is 24.6 Å². The van der Waals surface area contributed by atoms with Crippen molar-refractivity contribution < 1.29 is 0 Å². The third kappa shape index (κ3) is 3.20. The van der Waals surface area contributed by atoms with Crippen LogP contribution in [0, 0.1) is 0 Å². The van der Waals surface area contributed by atoms with Gasteiger partial charge in [0.15, 0.2) is 0 Å². The molecule has 0 spiro atoms. The second kappa shape index (κ2) is 6.00. The molecule has 0 radical (unpaired) electrons. The van der Waals surface area contributed by atoms with Crippen molar-refractivity contribution in [3.8, 4) is 0 Å². The van der Waals surface area contributed by atoms with E-state index >= 15 is 0 Å². The van der Waals surface area contributed by atoms with Crippen LogP contribution in [-0.4, -0.2) is 16.1 Å². The molecule has 0 aliphatic heterocycles. The van der Waals surface area contributed by atoms with Gasteiger partial charge in [0.1, 0.15) is 0 Å². The maximum Gasteiger partial charge on any atom is 0.250 e. The van der Waals surface area contributed by atoms with Gasteiger partial charge in [-0.2, -0.15) is 0 Å². The summed E-state index contributed by atoms with van der Waals surface area (Å²) >= 11 is 0. The van der Waals surface area contributed by atoms with Crippen molar-refractivity contribution in [3.63, 3.8) is 0 Å². The van der Waals surface area contributed by atoms with Crippen LogP contribution in [0.2, 0.25) is 0 Å². The Balaban J connectivity index is 2.14. The first kappa shape index (κ1) is 12.4. The molecular formula is C14H17N3O. The van der Waals surface area contributed by atoms with Crippen LogP contribution in [0.15, 0.2) is 47.5 Å². The molecule has 4 nitrogen and oxygen atoms in total. The number of rotatable bonds is 5. The zero-order chi connectivity index (χ0) is 12.8. The third-order valence-corrected chi connectivity index (χ3v) is 2.63. The summed E-state index contributed by atoms with van der Waals surface area (Å²) in [6, 6.07) is 9.06. The van der Waals surface area contributed by atoms with Gasteiger partial charge in [-0.3, -0.25) is 9.78 Å².